The molecule has 1 heterocycles. The van der Waals surface area contributed by atoms with E-state index < -0.39 is 12.0 Å². The molecule has 2 rings (SSSR count). The number of nitrogens with one attached hydrogen (secondary N) is 2. The lowest BCUT2D eigenvalue weighted by molar-refractivity contribution is -0.137. The highest BCUT2D eigenvalue weighted by Gasteiger charge is 2.19. The van der Waals surface area contributed by atoms with Crippen LogP contribution in [0.15, 0.2) is 29.6 Å². The summed E-state index contributed by atoms with van der Waals surface area (Å²) in [6.07, 6.45) is -0.0886. The Labute approximate surface area is 127 Å². The third kappa shape index (κ3) is 4.19. The Bertz CT molecular complexity index is 651. The fourth-order valence-corrected chi connectivity index (χ4v) is 2.79. The molecule has 0 radical (unpaired) electrons. The van der Waals surface area contributed by atoms with Crippen molar-refractivity contribution in [2.75, 3.05) is 5.32 Å². The molecule has 1 aromatic heterocycles. The normalized spacial score (nSPS) is 12.3. The molecule has 2 amide bonds. The molecule has 3 N–H and O–H groups in total. The van der Waals surface area contributed by atoms with Crippen LogP contribution in [0.25, 0.3) is 10.1 Å². The SMILES string of the molecule is CC(C)C(CC(=O)O)NC(=O)Nc1ccc2sccc2c1. The molecule has 112 valence electrons. The van der Waals surface area contributed by atoms with E-state index in [1.165, 1.54) is 0 Å². The van der Waals surface area contributed by atoms with Gasteiger partial charge in [-0.05, 0) is 40.9 Å². The highest BCUT2D eigenvalue weighted by molar-refractivity contribution is 7.17. The second-order valence-electron chi connectivity index (χ2n) is 5.22. The zero-order valence-corrected chi connectivity index (χ0v) is 12.7. The van der Waals surface area contributed by atoms with Crippen LogP contribution in [0, 0.1) is 5.92 Å². The van der Waals surface area contributed by atoms with Gasteiger partial charge in [0.05, 0.1) is 6.42 Å². The van der Waals surface area contributed by atoms with Gasteiger partial charge in [0.1, 0.15) is 0 Å². The fourth-order valence-electron chi connectivity index (χ4n) is 2.02. The Morgan fingerprint density at radius 2 is 2.05 bits per heavy atom. The predicted molar refractivity (Wildman–Crippen MR) is 84.9 cm³/mol. The second kappa shape index (κ2) is 6.58. The standard InChI is InChI=1S/C15H18N2O3S/c1-9(2)12(8-14(18)19)17-15(20)16-11-3-4-13-10(7-11)5-6-21-13/h3-7,9,12H,8H2,1-2H3,(H,18,19)(H2,16,17,20). The van der Waals surface area contributed by atoms with Crippen LogP contribution in [0.1, 0.15) is 20.3 Å². The van der Waals surface area contributed by atoms with Crippen LogP contribution >= 0.6 is 11.3 Å². The van der Waals surface area contributed by atoms with E-state index in [4.69, 9.17) is 5.11 Å². The second-order valence-corrected chi connectivity index (χ2v) is 6.17. The Balaban J connectivity index is 2.00. The molecule has 6 heteroatoms. The molecule has 0 saturated carbocycles. The van der Waals surface area contributed by atoms with E-state index in [1.807, 2.05) is 43.5 Å². The van der Waals surface area contributed by atoms with Crippen molar-refractivity contribution < 1.29 is 14.7 Å². The topological polar surface area (TPSA) is 78.4 Å². The molecule has 5 nitrogen and oxygen atoms in total. The van der Waals surface area contributed by atoms with E-state index in [2.05, 4.69) is 10.6 Å². The Morgan fingerprint density at radius 3 is 2.71 bits per heavy atom. The van der Waals surface area contributed by atoms with Gasteiger partial charge in [-0.15, -0.1) is 11.3 Å². The lowest BCUT2D eigenvalue weighted by atomic mass is 10.0. The number of fused-ring (bicyclic) bond motifs is 1. The average Bonchev–Trinajstić information content (AvgIpc) is 2.84. The third-order valence-electron chi connectivity index (χ3n) is 3.23. The van der Waals surface area contributed by atoms with E-state index in [9.17, 15) is 9.59 Å². The first kappa shape index (κ1) is 15.3. The minimum atomic E-state index is -0.923. The largest absolute Gasteiger partial charge is 0.481 e. The number of anilines is 1. The van der Waals surface area contributed by atoms with Gasteiger partial charge in [0.25, 0.3) is 0 Å². The van der Waals surface area contributed by atoms with Gasteiger partial charge in [0.2, 0.25) is 0 Å². The summed E-state index contributed by atoms with van der Waals surface area (Å²) in [5, 5.41) is 17.4. The van der Waals surface area contributed by atoms with Crippen molar-refractivity contribution >= 4 is 39.1 Å². The maximum absolute atomic E-state index is 12.0. The molecule has 2 aromatic rings. The summed E-state index contributed by atoms with van der Waals surface area (Å²) in [4.78, 5) is 22.8. The van der Waals surface area contributed by atoms with Gasteiger partial charge in [-0.2, -0.15) is 0 Å². The molecule has 0 aliphatic heterocycles. The van der Waals surface area contributed by atoms with Crippen molar-refractivity contribution in [3.63, 3.8) is 0 Å². The van der Waals surface area contributed by atoms with Gasteiger partial charge in [0.15, 0.2) is 0 Å². The summed E-state index contributed by atoms with van der Waals surface area (Å²) >= 11 is 1.64. The van der Waals surface area contributed by atoms with Crippen molar-refractivity contribution in [3.8, 4) is 0 Å². The summed E-state index contributed by atoms with van der Waals surface area (Å²) < 4.78 is 1.16. The third-order valence-corrected chi connectivity index (χ3v) is 4.12. The molecule has 0 aliphatic rings. The number of hydrogen-bond acceptors (Lipinski definition) is 3. The summed E-state index contributed by atoms with van der Waals surface area (Å²) in [7, 11) is 0. The minimum Gasteiger partial charge on any atom is -0.481 e. The first-order valence-electron chi connectivity index (χ1n) is 6.72. The molecular weight excluding hydrogens is 288 g/mol. The van der Waals surface area contributed by atoms with Crippen molar-refractivity contribution in [3.05, 3.63) is 29.6 Å². The molecule has 0 spiro atoms. The predicted octanol–water partition coefficient (Wildman–Crippen LogP) is 3.52. The van der Waals surface area contributed by atoms with Crippen molar-refractivity contribution in [1.82, 2.24) is 5.32 Å². The van der Waals surface area contributed by atoms with Crippen LogP contribution < -0.4 is 10.6 Å². The Kier molecular flexibility index (Phi) is 4.80. The number of thiophene rings is 1. The number of carbonyl (C=O) groups is 2. The summed E-state index contributed by atoms with van der Waals surface area (Å²) in [6, 6.07) is 6.89. The quantitative estimate of drug-likeness (QED) is 0.791. The van der Waals surface area contributed by atoms with Gasteiger partial charge in [-0.3, -0.25) is 4.79 Å². The molecule has 1 unspecified atom stereocenters. The number of urea groups is 1. The van der Waals surface area contributed by atoms with Crippen LogP contribution in [-0.2, 0) is 4.79 Å². The van der Waals surface area contributed by atoms with E-state index in [1.54, 1.807) is 11.3 Å². The number of aliphatic carboxylic acids is 1. The lowest BCUT2D eigenvalue weighted by Gasteiger charge is -2.20. The van der Waals surface area contributed by atoms with Gasteiger partial charge in [0, 0.05) is 16.4 Å². The fraction of sp³-hybridized carbons (Fsp3) is 0.333. The lowest BCUT2D eigenvalue weighted by Crippen LogP contribution is -2.42. The van der Waals surface area contributed by atoms with E-state index in [0.29, 0.717) is 5.69 Å². The van der Waals surface area contributed by atoms with Crippen LogP contribution in [-0.4, -0.2) is 23.1 Å². The maximum Gasteiger partial charge on any atom is 0.319 e. The van der Waals surface area contributed by atoms with Crippen LogP contribution in [0.5, 0.6) is 0 Å². The van der Waals surface area contributed by atoms with Crippen molar-refractivity contribution in [2.45, 2.75) is 26.3 Å². The number of carboxylic acid groups (broad SMARTS) is 1. The smallest absolute Gasteiger partial charge is 0.319 e. The van der Waals surface area contributed by atoms with Crippen molar-refractivity contribution in [2.24, 2.45) is 5.92 Å². The Morgan fingerprint density at radius 1 is 1.29 bits per heavy atom. The molecule has 1 atom stereocenters. The molecule has 0 bridgehead atoms. The molecular formula is C15H18N2O3S. The van der Waals surface area contributed by atoms with E-state index in [0.717, 1.165) is 10.1 Å². The number of rotatable bonds is 5. The first-order chi connectivity index (χ1) is 9.95. The molecule has 0 fully saturated rings. The highest BCUT2D eigenvalue weighted by Crippen LogP contribution is 2.23. The van der Waals surface area contributed by atoms with Gasteiger partial charge >= 0.3 is 12.0 Å². The number of benzene rings is 1. The summed E-state index contributed by atoms with van der Waals surface area (Å²) in [5.41, 5.74) is 0.691. The minimum absolute atomic E-state index is 0.0474. The molecule has 0 saturated heterocycles. The van der Waals surface area contributed by atoms with Gasteiger partial charge in [-0.1, -0.05) is 13.8 Å². The Hall–Kier alpha value is -2.08. The number of carboxylic acids is 1. The first-order valence-corrected chi connectivity index (χ1v) is 7.60. The van der Waals surface area contributed by atoms with Crippen LogP contribution in [0.3, 0.4) is 0 Å². The number of hydrogen-bond donors (Lipinski definition) is 3. The zero-order chi connectivity index (χ0) is 15.4. The number of amides is 2. The van der Waals surface area contributed by atoms with Crippen molar-refractivity contribution in [1.29, 1.82) is 0 Å². The summed E-state index contributed by atoms with van der Waals surface area (Å²) in [6.45, 7) is 3.76. The van der Waals surface area contributed by atoms with Crippen LogP contribution in [0.4, 0.5) is 10.5 Å². The average molecular weight is 306 g/mol. The summed E-state index contributed by atoms with van der Waals surface area (Å²) in [5.74, 6) is -0.875. The van der Waals surface area contributed by atoms with Gasteiger partial charge in [-0.25, -0.2) is 4.79 Å². The van der Waals surface area contributed by atoms with E-state index >= 15 is 0 Å². The maximum atomic E-state index is 12.0. The van der Waals surface area contributed by atoms with Gasteiger partial charge < -0.3 is 15.7 Å². The molecule has 21 heavy (non-hydrogen) atoms. The molecule has 0 aliphatic carbocycles. The van der Waals surface area contributed by atoms with E-state index in [-0.39, 0.29) is 18.4 Å². The number of carbonyl (C=O) groups excluding carboxylic acids is 1. The highest BCUT2D eigenvalue weighted by atomic mass is 32.1. The monoisotopic (exact) mass is 306 g/mol. The zero-order valence-electron chi connectivity index (χ0n) is 11.9. The van der Waals surface area contributed by atoms with Crippen LogP contribution in [0.2, 0.25) is 0 Å². The molecule has 1 aromatic carbocycles.